The Morgan fingerprint density at radius 1 is 1.03 bits per heavy atom. The molecule has 33 heavy (non-hydrogen) atoms. The molecular weight excluding hydrogens is 438 g/mol. The lowest BCUT2D eigenvalue weighted by Gasteiger charge is -2.30. The molecule has 7 nitrogen and oxygen atoms in total. The van der Waals surface area contributed by atoms with Crippen LogP contribution in [0.3, 0.4) is 0 Å². The summed E-state index contributed by atoms with van der Waals surface area (Å²) in [4.78, 5) is 15.2. The number of morpholine rings is 1. The first-order chi connectivity index (χ1) is 16.0. The molecule has 0 aliphatic carbocycles. The van der Waals surface area contributed by atoms with Crippen LogP contribution in [0.25, 0.3) is 0 Å². The van der Waals surface area contributed by atoms with Gasteiger partial charge < -0.3 is 10.1 Å². The highest BCUT2D eigenvalue weighted by atomic mass is 32.2. The van der Waals surface area contributed by atoms with E-state index in [0.29, 0.717) is 45.7 Å². The number of carbonyl (C=O) groups excluding carboxylic acids is 1. The third-order valence-corrected chi connectivity index (χ3v) is 8.01. The first-order valence-electron chi connectivity index (χ1n) is 11.7. The predicted molar refractivity (Wildman–Crippen MR) is 129 cm³/mol. The summed E-state index contributed by atoms with van der Waals surface area (Å²) in [5.74, 6) is -0.00639. The number of amides is 1. The Hall–Kier alpha value is -2.26. The fraction of sp³-hybridized carbons (Fsp3) is 0.480. The second kappa shape index (κ2) is 12.3. The van der Waals surface area contributed by atoms with Crippen molar-refractivity contribution < 1.29 is 17.9 Å². The molecule has 8 heteroatoms. The predicted octanol–water partition coefficient (Wildman–Crippen LogP) is 2.84. The first kappa shape index (κ1) is 25.4. The van der Waals surface area contributed by atoms with Crippen LogP contribution in [0.1, 0.15) is 37.4 Å². The molecule has 2 aromatic carbocycles. The van der Waals surface area contributed by atoms with Gasteiger partial charge in [-0.2, -0.15) is 4.31 Å². The number of aryl methyl sites for hydroxylation is 1. The number of ether oxygens (including phenoxy) is 1. The minimum atomic E-state index is -3.50. The van der Waals surface area contributed by atoms with E-state index in [-0.39, 0.29) is 16.8 Å². The number of nitrogens with zero attached hydrogens (tertiary/aromatic N) is 2. The molecule has 2 aromatic rings. The number of hydrogen-bond acceptors (Lipinski definition) is 5. The maximum absolute atomic E-state index is 12.7. The Labute approximate surface area is 197 Å². The molecule has 1 unspecified atom stereocenters. The largest absolute Gasteiger partial charge is 0.379 e. The molecule has 0 bridgehead atoms. The van der Waals surface area contributed by atoms with Crippen LogP contribution in [-0.2, 0) is 26.0 Å². The third-order valence-electron chi connectivity index (χ3n) is 6.10. The molecule has 1 saturated heterocycles. The van der Waals surface area contributed by atoms with Crippen molar-refractivity contribution in [1.82, 2.24) is 14.5 Å². The molecule has 0 saturated carbocycles. The highest BCUT2D eigenvalue weighted by molar-refractivity contribution is 7.89. The van der Waals surface area contributed by atoms with Gasteiger partial charge in [-0.05, 0) is 42.8 Å². The van der Waals surface area contributed by atoms with Gasteiger partial charge in [-0.3, -0.25) is 9.69 Å². The van der Waals surface area contributed by atoms with E-state index < -0.39 is 10.0 Å². The molecule has 1 heterocycles. The number of carbonyl (C=O) groups is 1. The van der Waals surface area contributed by atoms with Crippen LogP contribution in [0.2, 0.25) is 0 Å². The molecule has 0 aromatic heterocycles. The molecule has 1 fully saturated rings. The molecule has 0 spiro atoms. The molecule has 1 N–H and O–H groups in total. The van der Waals surface area contributed by atoms with Gasteiger partial charge in [0.15, 0.2) is 0 Å². The summed E-state index contributed by atoms with van der Waals surface area (Å²) in [5.41, 5.74) is 2.13. The van der Waals surface area contributed by atoms with Gasteiger partial charge >= 0.3 is 0 Å². The summed E-state index contributed by atoms with van der Waals surface area (Å²) >= 11 is 0. The lowest BCUT2D eigenvalue weighted by Crippen LogP contribution is -2.40. The van der Waals surface area contributed by atoms with Crippen LogP contribution in [-0.4, -0.2) is 69.5 Å². The van der Waals surface area contributed by atoms with Crippen molar-refractivity contribution in [2.75, 3.05) is 45.9 Å². The molecule has 1 atom stereocenters. The number of rotatable bonds is 11. The molecule has 1 aliphatic rings. The zero-order valence-electron chi connectivity index (χ0n) is 19.6. The lowest BCUT2D eigenvalue weighted by molar-refractivity contribution is -0.121. The minimum Gasteiger partial charge on any atom is -0.379 e. The Bertz CT molecular complexity index is 970. The molecular formula is C25H35N3O4S. The van der Waals surface area contributed by atoms with Gasteiger partial charge in [0, 0.05) is 26.1 Å². The summed E-state index contributed by atoms with van der Waals surface area (Å²) in [7, 11) is -3.50. The SMILES string of the molecule is CCN(CC)C(CNC(=O)CCc1ccc(S(=O)(=O)N2CCOCC2)cc1)c1ccccc1. The van der Waals surface area contributed by atoms with Gasteiger partial charge in [0.25, 0.3) is 0 Å². The minimum absolute atomic E-state index is 0.00639. The van der Waals surface area contributed by atoms with E-state index in [1.54, 1.807) is 24.3 Å². The van der Waals surface area contributed by atoms with Crippen LogP contribution >= 0.6 is 0 Å². The van der Waals surface area contributed by atoms with E-state index in [1.807, 2.05) is 18.2 Å². The second-order valence-corrected chi connectivity index (χ2v) is 10.1. The van der Waals surface area contributed by atoms with E-state index in [0.717, 1.165) is 18.7 Å². The fourth-order valence-electron chi connectivity index (χ4n) is 4.12. The van der Waals surface area contributed by atoms with Crippen molar-refractivity contribution in [2.24, 2.45) is 0 Å². The maximum atomic E-state index is 12.7. The van der Waals surface area contributed by atoms with Gasteiger partial charge in [0.1, 0.15) is 0 Å². The Morgan fingerprint density at radius 2 is 1.67 bits per heavy atom. The molecule has 180 valence electrons. The van der Waals surface area contributed by atoms with Crippen LogP contribution in [0.15, 0.2) is 59.5 Å². The first-order valence-corrected chi connectivity index (χ1v) is 13.1. The number of hydrogen-bond donors (Lipinski definition) is 1. The Kier molecular flexibility index (Phi) is 9.43. The topological polar surface area (TPSA) is 79.0 Å². The van der Waals surface area contributed by atoms with Crippen LogP contribution < -0.4 is 5.32 Å². The Morgan fingerprint density at radius 3 is 2.27 bits per heavy atom. The standard InChI is InChI=1S/C25H35N3O4S/c1-3-27(4-2)24(22-8-6-5-7-9-22)20-26-25(29)15-12-21-10-13-23(14-11-21)33(30,31)28-16-18-32-19-17-28/h5-11,13-14,24H,3-4,12,15-20H2,1-2H3,(H,26,29). The van der Waals surface area contributed by atoms with Crippen molar-refractivity contribution in [3.63, 3.8) is 0 Å². The number of sulfonamides is 1. The van der Waals surface area contributed by atoms with Crippen LogP contribution in [0.5, 0.6) is 0 Å². The average molecular weight is 474 g/mol. The van der Waals surface area contributed by atoms with Gasteiger partial charge in [0.05, 0.1) is 24.2 Å². The summed E-state index contributed by atoms with van der Waals surface area (Å²) in [6.45, 7) is 8.23. The average Bonchev–Trinajstić information content (AvgIpc) is 2.86. The molecule has 1 amide bonds. The lowest BCUT2D eigenvalue weighted by atomic mass is 10.0. The van der Waals surface area contributed by atoms with E-state index in [4.69, 9.17) is 4.74 Å². The van der Waals surface area contributed by atoms with E-state index in [9.17, 15) is 13.2 Å². The third kappa shape index (κ3) is 6.86. The van der Waals surface area contributed by atoms with Crippen LogP contribution in [0, 0.1) is 0 Å². The zero-order chi connectivity index (χ0) is 23.7. The van der Waals surface area contributed by atoms with Crippen molar-refractivity contribution >= 4 is 15.9 Å². The van der Waals surface area contributed by atoms with Crippen molar-refractivity contribution in [3.05, 3.63) is 65.7 Å². The van der Waals surface area contributed by atoms with E-state index in [2.05, 4.69) is 36.2 Å². The van der Waals surface area contributed by atoms with E-state index >= 15 is 0 Å². The van der Waals surface area contributed by atoms with Gasteiger partial charge in [-0.1, -0.05) is 56.3 Å². The zero-order valence-corrected chi connectivity index (χ0v) is 20.4. The summed E-state index contributed by atoms with van der Waals surface area (Å²) in [5, 5.41) is 3.08. The smallest absolute Gasteiger partial charge is 0.243 e. The monoisotopic (exact) mass is 473 g/mol. The molecule has 0 radical (unpaired) electrons. The number of benzene rings is 2. The molecule has 1 aliphatic heterocycles. The van der Waals surface area contributed by atoms with Gasteiger partial charge in [0.2, 0.25) is 15.9 Å². The quantitative estimate of drug-likeness (QED) is 0.543. The fourth-order valence-corrected chi connectivity index (χ4v) is 5.53. The Balaban J connectivity index is 1.53. The summed E-state index contributed by atoms with van der Waals surface area (Å²) < 4.78 is 32.2. The number of nitrogens with one attached hydrogen (secondary N) is 1. The molecule has 3 rings (SSSR count). The van der Waals surface area contributed by atoms with Crippen LogP contribution in [0.4, 0.5) is 0 Å². The van der Waals surface area contributed by atoms with E-state index in [1.165, 1.54) is 9.87 Å². The second-order valence-electron chi connectivity index (χ2n) is 8.11. The van der Waals surface area contributed by atoms with Crippen molar-refractivity contribution in [3.8, 4) is 0 Å². The summed E-state index contributed by atoms with van der Waals surface area (Å²) in [6, 6.07) is 17.2. The van der Waals surface area contributed by atoms with Crippen molar-refractivity contribution in [2.45, 2.75) is 37.6 Å². The van der Waals surface area contributed by atoms with Gasteiger partial charge in [-0.15, -0.1) is 0 Å². The van der Waals surface area contributed by atoms with Crippen molar-refractivity contribution in [1.29, 1.82) is 0 Å². The highest BCUT2D eigenvalue weighted by Gasteiger charge is 2.26. The summed E-state index contributed by atoms with van der Waals surface area (Å²) in [6.07, 6.45) is 0.917. The normalized spacial score (nSPS) is 16.0. The highest BCUT2D eigenvalue weighted by Crippen LogP contribution is 2.20. The number of likely N-dealkylation sites (N-methyl/N-ethyl adjacent to an activating group) is 1. The van der Waals surface area contributed by atoms with Gasteiger partial charge in [-0.25, -0.2) is 8.42 Å². The maximum Gasteiger partial charge on any atom is 0.243 e.